The minimum absolute atomic E-state index is 0.120. The van der Waals surface area contributed by atoms with Gasteiger partial charge in [-0.05, 0) is 17.7 Å². The Hall–Kier alpha value is -3.82. The molecule has 0 saturated carbocycles. The third kappa shape index (κ3) is 4.59. The lowest BCUT2D eigenvalue weighted by Crippen LogP contribution is -2.27. The summed E-state index contributed by atoms with van der Waals surface area (Å²) >= 11 is 0. The zero-order chi connectivity index (χ0) is 20.8. The van der Waals surface area contributed by atoms with E-state index in [1.165, 1.54) is 12.3 Å². The number of hydrazone groups is 1. The van der Waals surface area contributed by atoms with Gasteiger partial charge >= 0.3 is 0 Å². The van der Waals surface area contributed by atoms with Crippen molar-refractivity contribution in [2.75, 3.05) is 25.0 Å². The Kier molecular flexibility index (Phi) is 5.93. The number of nitrogens with one attached hydrogen (secondary N) is 3. The number of rotatable bonds is 8. The number of hydrogen-bond donors (Lipinski definition) is 3. The van der Waals surface area contributed by atoms with Gasteiger partial charge < -0.3 is 10.6 Å². The van der Waals surface area contributed by atoms with E-state index in [4.69, 9.17) is 0 Å². The molecule has 3 aromatic rings. The zero-order valence-corrected chi connectivity index (χ0v) is 16.2. The summed E-state index contributed by atoms with van der Waals surface area (Å²) in [6.07, 6.45) is 9.14. The van der Waals surface area contributed by atoms with Crippen molar-refractivity contribution in [3.63, 3.8) is 0 Å². The van der Waals surface area contributed by atoms with Crippen molar-refractivity contribution in [2.45, 2.75) is 13.0 Å². The molecule has 0 unspecified atom stereocenters. The summed E-state index contributed by atoms with van der Waals surface area (Å²) in [7, 11) is 0. The second kappa shape index (κ2) is 9.12. The van der Waals surface area contributed by atoms with Crippen LogP contribution < -0.4 is 10.6 Å². The van der Waals surface area contributed by atoms with Gasteiger partial charge in [0.2, 0.25) is 0 Å². The topological polar surface area (TPSA) is 111 Å². The fraction of sp³-hybridized carbons (Fsp3) is 0.250. The molecule has 154 valence electrons. The van der Waals surface area contributed by atoms with Gasteiger partial charge in [0.15, 0.2) is 5.82 Å². The van der Waals surface area contributed by atoms with Crippen molar-refractivity contribution in [3.05, 3.63) is 59.9 Å². The first kappa shape index (κ1) is 19.5. The number of H-pyrrole nitrogens is 1. The summed E-state index contributed by atoms with van der Waals surface area (Å²) in [5, 5.41) is 18.6. The predicted molar refractivity (Wildman–Crippen MR) is 110 cm³/mol. The molecule has 10 heteroatoms. The summed E-state index contributed by atoms with van der Waals surface area (Å²) in [4.78, 5) is 21.2. The van der Waals surface area contributed by atoms with Crippen LogP contribution >= 0.6 is 0 Å². The Morgan fingerprint density at radius 1 is 1.33 bits per heavy atom. The van der Waals surface area contributed by atoms with Crippen LogP contribution in [0.4, 0.5) is 10.2 Å². The number of nitrogens with zero attached hydrogens (tertiary/aromatic N) is 5. The van der Waals surface area contributed by atoms with Gasteiger partial charge in [-0.15, -0.1) is 0 Å². The van der Waals surface area contributed by atoms with Crippen LogP contribution in [-0.4, -0.2) is 56.9 Å². The standard InChI is InChI=1S/C20H21FN8O/c21-17-9-16(20(30)24-11-14-3-1-4-22-10-14)19(23-6-8-29-7-2-5-27-29)28-18(17)15-12-25-26-13-15/h1,3-5,9-10,12-13H,2,6-8,11H2,(H,23,28)(H,24,30)(H,25,26). The van der Waals surface area contributed by atoms with Crippen LogP contribution in [0.3, 0.4) is 0 Å². The van der Waals surface area contributed by atoms with Gasteiger partial charge in [-0.25, -0.2) is 9.37 Å². The van der Waals surface area contributed by atoms with E-state index in [1.807, 2.05) is 17.3 Å². The highest BCUT2D eigenvalue weighted by atomic mass is 19.1. The molecule has 3 aromatic heterocycles. The zero-order valence-electron chi connectivity index (χ0n) is 16.2. The summed E-state index contributed by atoms with van der Waals surface area (Å²) in [5.41, 5.74) is 1.60. The SMILES string of the molecule is O=C(NCc1cccnc1)c1cc(F)c(-c2cn[nH]c2)nc1NCCN1CCC=N1. The molecule has 4 rings (SSSR count). The van der Waals surface area contributed by atoms with E-state index in [2.05, 4.69) is 35.9 Å². The van der Waals surface area contributed by atoms with Gasteiger partial charge in [-0.2, -0.15) is 10.2 Å². The van der Waals surface area contributed by atoms with E-state index in [1.54, 1.807) is 24.7 Å². The number of pyridine rings is 2. The van der Waals surface area contributed by atoms with Crippen molar-refractivity contribution >= 4 is 17.9 Å². The third-order valence-corrected chi connectivity index (χ3v) is 4.59. The van der Waals surface area contributed by atoms with Crippen LogP contribution in [0.1, 0.15) is 22.3 Å². The first-order chi connectivity index (χ1) is 14.7. The number of carbonyl (C=O) groups excluding carboxylic acids is 1. The van der Waals surface area contributed by atoms with Crippen molar-refractivity contribution in [2.24, 2.45) is 5.10 Å². The maximum atomic E-state index is 14.7. The van der Waals surface area contributed by atoms with Crippen molar-refractivity contribution in [1.29, 1.82) is 0 Å². The molecule has 0 saturated heterocycles. The Morgan fingerprint density at radius 3 is 3.00 bits per heavy atom. The van der Waals surface area contributed by atoms with Crippen LogP contribution in [0.15, 0.2) is 48.1 Å². The Labute approximate surface area is 172 Å². The third-order valence-electron chi connectivity index (χ3n) is 4.59. The molecule has 0 atom stereocenters. The molecule has 30 heavy (non-hydrogen) atoms. The monoisotopic (exact) mass is 408 g/mol. The minimum Gasteiger partial charge on any atom is -0.368 e. The lowest BCUT2D eigenvalue weighted by molar-refractivity contribution is 0.0951. The Morgan fingerprint density at radius 2 is 2.27 bits per heavy atom. The minimum atomic E-state index is -0.599. The molecule has 0 bridgehead atoms. The van der Waals surface area contributed by atoms with Crippen LogP contribution in [0.25, 0.3) is 11.3 Å². The summed E-state index contributed by atoms with van der Waals surface area (Å²) in [5.74, 6) is -0.720. The molecule has 3 N–H and O–H groups in total. The Balaban J connectivity index is 1.54. The predicted octanol–water partition coefficient (Wildman–Crippen LogP) is 2.04. The first-order valence-electron chi connectivity index (χ1n) is 9.59. The molecule has 0 aliphatic carbocycles. The second-order valence-electron chi connectivity index (χ2n) is 6.71. The fourth-order valence-corrected chi connectivity index (χ4v) is 3.07. The number of halogens is 1. The summed E-state index contributed by atoms with van der Waals surface area (Å²) in [6, 6.07) is 4.84. The van der Waals surface area contributed by atoms with Gasteiger partial charge in [0, 0.05) is 56.4 Å². The van der Waals surface area contributed by atoms with E-state index in [0.717, 1.165) is 18.5 Å². The highest BCUT2D eigenvalue weighted by molar-refractivity contribution is 5.99. The van der Waals surface area contributed by atoms with E-state index < -0.39 is 11.7 Å². The van der Waals surface area contributed by atoms with Crippen LogP contribution in [0, 0.1) is 5.82 Å². The highest BCUT2D eigenvalue weighted by Gasteiger charge is 2.19. The van der Waals surface area contributed by atoms with E-state index in [9.17, 15) is 9.18 Å². The molecule has 1 aliphatic rings. The van der Waals surface area contributed by atoms with Gasteiger partial charge in [0.05, 0.1) is 18.3 Å². The van der Waals surface area contributed by atoms with Gasteiger partial charge in [-0.3, -0.25) is 19.9 Å². The van der Waals surface area contributed by atoms with Gasteiger partial charge in [-0.1, -0.05) is 6.07 Å². The molecule has 0 fully saturated rings. The number of anilines is 1. The number of amides is 1. The van der Waals surface area contributed by atoms with Gasteiger partial charge in [0.25, 0.3) is 5.91 Å². The van der Waals surface area contributed by atoms with E-state index >= 15 is 0 Å². The molecular formula is C20H21FN8O. The molecule has 1 amide bonds. The summed E-state index contributed by atoms with van der Waals surface area (Å²) in [6.45, 7) is 2.29. The van der Waals surface area contributed by atoms with Crippen LogP contribution in [-0.2, 0) is 6.54 Å². The number of aromatic amines is 1. The largest absolute Gasteiger partial charge is 0.368 e. The molecule has 1 aliphatic heterocycles. The van der Waals surface area contributed by atoms with E-state index in [0.29, 0.717) is 24.5 Å². The summed E-state index contributed by atoms with van der Waals surface area (Å²) < 4.78 is 14.7. The second-order valence-corrected chi connectivity index (χ2v) is 6.71. The quantitative estimate of drug-likeness (QED) is 0.526. The molecule has 0 aromatic carbocycles. The first-order valence-corrected chi connectivity index (χ1v) is 9.59. The van der Waals surface area contributed by atoms with Crippen LogP contribution in [0.2, 0.25) is 0 Å². The average Bonchev–Trinajstić information content (AvgIpc) is 3.48. The van der Waals surface area contributed by atoms with E-state index in [-0.39, 0.29) is 17.8 Å². The molecule has 4 heterocycles. The molecular weight excluding hydrogens is 387 g/mol. The molecule has 9 nitrogen and oxygen atoms in total. The molecule has 0 spiro atoms. The lowest BCUT2D eigenvalue weighted by Gasteiger charge is -2.16. The van der Waals surface area contributed by atoms with Crippen molar-refractivity contribution in [1.82, 2.24) is 30.5 Å². The van der Waals surface area contributed by atoms with Crippen molar-refractivity contribution in [3.8, 4) is 11.3 Å². The van der Waals surface area contributed by atoms with Gasteiger partial charge in [0.1, 0.15) is 11.5 Å². The molecule has 0 radical (unpaired) electrons. The normalized spacial score (nSPS) is 12.9. The lowest BCUT2D eigenvalue weighted by atomic mass is 10.1. The van der Waals surface area contributed by atoms with Crippen molar-refractivity contribution < 1.29 is 9.18 Å². The fourth-order valence-electron chi connectivity index (χ4n) is 3.07. The number of hydrogen-bond acceptors (Lipinski definition) is 7. The maximum absolute atomic E-state index is 14.7. The highest BCUT2D eigenvalue weighted by Crippen LogP contribution is 2.25. The van der Waals surface area contributed by atoms with Crippen LogP contribution in [0.5, 0.6) is 0 Å². The Bertz CT molecular complexity index is 1020. The number of carbonyl (C=O) groups is 1. The average molecular weight is 408 g/mol. The smallest absolute Gasteiger partial charge is 0.255 e. The maximum Gasteiger partial charge on any atom is 0.255 e. The number of aromatic nitrogens is 4.